The van der Waals surface area contributed by atoms with Gasteiger partial charge in [0.15, 0.2) is 0 Å². The van der Waals surface area contributed by atoms with Crippen molar-refractivity contribution in [2.24, 2.45) is 17.2 Å². The van der Waals surface area contributed by atoms with Gasteiger partial charge in [0.1, 0.15) is 0 Å². The van der Waals surface area contributed by atoms with E-state index in [0.717, 1.165) is 0 Å². The molecule has 0 spiro atoms. The monoisotopic (exact) mass is 379 g/mol. The van der Waals surface area contributed by atoms with E-state index in [1.54, 1.807) is 0 Å². The Labute approximate surface area is 123 Å². The molecule has 3 nitrogen and oxygen atoms in total. The van der Waals surface area contributed by atoms with Crippen molar-refractivity contribution in [2.75, 3.05) is 0 Å². The van der Waals surface area contributed by atoms with Crippen molar-refractivity contribution >= 4 is 87.5 Å². The van der Waals surface area contributed by atoms with Gasteiger partial charge in [-0.2, -0.15) is 0 Å². The van der Waals surface area contributed by atoms with Crippen molar-refractivity contribution in [1.29, 1.82) is 0 Å². The van der Waals surface area contributed by atoms with Gasteiger partial charge in [0, 0.05) is 0 Å². The molecule has 10 heteroatoms. The topological polar surface area (TPSA) is 78.1 Å². The maximum Gasteiger partial charge on any atom is 3.00 e. The van der Waals surface area contributed by atoms with Crippen LogP contribution in [0.2, 0.25) is 0 Å². The van der Waals surface area contributed by atoms with Gasteiger partial charge in [-0.1, -0.05) is 13.0 Å². The molecule has 0 aromatic carbocycles. The number of hydrogen-bond acceptors (Lipinski definition) is 6. The van der Waals surface area contributed by atoms with Gasteiger partial charge in [-0.15, -0.1) is 0 Å². The Morgan fingerprint density at radius 3 is 0.692 bits per heavy atom. The van der Waals surface area contributed by atoms with Crippen LogP contribution in [0.4, 0.5) is 0 Å². The van der Waals surface area contributed by atoms with E-state index >= 15 is 0 Å². The first-order valence-corrected chi connectivity index (χ1v) is 4.54. The average molecular weight is 379 g/mol. The molecule has 0 saturated heterocycles. The van der Waals surface area contributed by atoms with E-state index in [2.05, 4.69) is 91.7 Å². The van der Waals surface area contributed by atoms with Crippen molar-refractivity contribution in [3.63, 3.8) is 0 Å². The van der Waals surface area contributed by atoms with Crippen molar-refractivity contribution in [1.82, 2.24) is 0 Å². The van der Waals surface area contributed by atoms with Gasteiger partial charge >= 0.3 is 19.5 Å². The van der Waals surface area contributed by atoms with E-state index in [-0.39, 0.29) is 32.4 Å². The Kier molecular flexibility index (Phi) is 34.0. The summed E-state index contributed by atoms with van der Waals surface area (Å²) in [7, 11) is 0. The molecule has 6 N–H and O–H groups in total. The van der Waals surface area contributed by atoms with Crippen LogP contribution in [0.15, 0.2) is 0 Å². The van der Waals surface area contributed by atoms with Gasteiger partial charge in [0.25, 0.3) is 0 Å². The van der Waals surface area contributed by atoms with Gasteiger partial charge in [0.05, 0.1) is 0 Å². The summed E-state index contributed by atoms with van der Waals surface area (Å²) in [6.07, 6.45) is 0. The number of rotatable bonds is 0. The van der Waals surface area contributed by atoms with Crippen molar-refractivity contribution in [3.8, 4) is 0 Å². The van der Waals surface area contributed by atoms with Crippen LogP contribution >= 0.6 is 36.7 Å². The van der Waals surface area contributed by atoms with Gasteiger partial charge < -0.3 is 91.7 Å². The molecule has 0 aliphatic rings. The van der Waals surface area contributed by atoms with Crippen molar-refractivity contribution in [2.45, 2.75) is 0 Å². The summed E-state index contributed by atoms with van der Waals surface area (Å²) in [5, 5.41) is 0. The molecule has 0 heterocycles. The van der Waals surface area contributed by atoms with Crippen LogP contribution in [0.25, 0.3) is 0 Å². The van der Waals surface area contributed by atoms with Crippen LogP contribution in [0, 0.1) is 0 Å². The molecule has 0 rings (SSSR count). The first-order valence-electron chi connectivity index (χ1n) is 2.09. The van der Waals surface area contributed by atoms with E-state index in [1.807, 2.05) is 0 Å². The summed E-state index contributed by atoms with van der Waals surface area (Å²) in [6, 6.07) is 0. The zero-order valence-corrected chi connectivity index (χ0v) is 12.6. The molecule has 0 radical (unpaired) electrons. The number of nitrogens with two attached hydrogens (primary N) is 3. The number of thiocarbonyl (C=S) groups is 3. The van der Waals surface area contributed by atoms with E-state index in [9.17, 15) is 0 Å². The zero-order chi connectivity index (χ0) is 10.7. The molecule has 13 heavy (non-hydrogen) atoms. The average Bonchev–Trinajstić information content (AvgIpc) is 1.54. The molecule has 0 atom stereocenters. The first-order chi connectivity index (χ1) is 5.20. The molecule has 0 aromatic rings. The second-order valence-electron chi connectivity index (χ2n) is 0.957. The van der Waals surface area contributed by atoms with Crippen LogP contribution in [0.3, 0.4) is 0 Å². The molecular formula is C3H6N3RhS6. The Balaban J connectivity index is -0.0000000450. The molecule has 0 saturated carbocycles. The second kappa shape index (κ2) is 18.7. The van der Waals surface area contributed by atoms with Crippen molar-refractivity contribution in [3.05, 3.63) is 0 Å². The minimum atomic E-state index is 0. The normalized spacial score (nSPS) is 5.54. The van der Waals surface area contributed by atoms with E-state index < -0.39 is 0 Å². The smallest absolute Gasteiger partial charge is 0.415 e. The fourth-order valence-electron chi connectivity index (χ4n) is 0. The summed E-state index contributed by atoms with van der Waals surface area (Å²) >= 11 is 24.8. The van der Waals surface area contributed by atoms with Crippen molar-refractivity contribution < 1.29 is 19.5 Å². The van der Waals surface area contributed by atoms with Crippen LogP contribution in [-0.4, -0.2) is 13.0 Å². The summed E-state index contributed by atoms with van der Waals surface area (Å²) in [6.45, 7) is 0. The van der Waals surface area contributed by atoms with Crippen LogP contribution in [-0.2, 0) is 57.4 Å². The van der Waals surface area contributed by atoms with Crippen LogP contribution in [0.1, 0.15) is 0 Å². The van der Waals surface area contributed by atoms with Crippen LogP contribution in [0.5, 0.6) is 0 Å². The molecule has 0 fully saturated rings. The molecule has 0 bridgehead atoms. The zero-order valence-electron chi connectivity index (χ0n) is 6.01. The molecule has 0 unspecified atom stereocenters. The van der Waals surface area contributed by atoms with Crippen LogP contribution < -0.4 is 17.2 Å². The summed E-state index contributed by atoms with van der Waals surface area (Å²) in [4.78, 5) is 0. The van der Waals surface area contributed by atoms with E-state index in [1.165, 1.54) is 0 Å². The van der Waals surface area contributed by atoms with E-state index in [4.69, 9.17) is 0 Å². The largest absolute Gasteiger partial charge is 3.00 e. The van der Waals surface area contributed by atoms with Gasteiger partial charge in [-0.3, -0.25) is 0 Å². The minimum absolute atomic E-state index is 0. The third-order valence-corrected chi connectivity index (χ3v) is 0. The summed E-state index contributed by atoms with van der Waals surface area (Å²) in [5.41, 5.74) is 14.0. The molecular weight excluding hydrogens is 373 g/mol. The Bertz CT molecular complexity index is 121. The summed E-state index contributed by atoms with van der Waals surface area (Å²) < 4.78 is 0.250. The molecule has 0 aromatic heterocycles. The standard InChI is InChI=1S/3CH3NS2.Rh/c3*2-1(3)4;/h3*(H3,2,3,4);/q;;;+3/p-3. The Morgan fingerprint density at radius 2 is 0.692 bits per heavy atom. The fourth-order valence-corrected chi connectivity index (χ4v) is 0. The SMILES string of the molecule is NC(=S)[S-].NC(=S)[S-].NC(=S)[S-].[Rh+3]. The minimum Gasteiger partial charge on any atom is -0.415 e. The molecule has 78 valence electrons. The predicted molar refractivity (Wildman–Crippen MR) is 72.5 cm³/mol. The molecule has 0 aliphatic heterocycles. The van der Waals surface area contributed by atoms with Gasteiger partial charge in [-0.25, -0.2) is 0 Å². The summed E-state index contributed by atoms with van der Waals surface area (Å²) in [5.74, 6) is 0. The second-order valence-corrected chi connectivity index (χ2v) is 4.37. The maximum atomic E-state index is 4.66. The Morgan fingerprint density at radius 1 is 0.692 bits per heavy atom. The number of hydrogen-bond donors (Lipinski definition) is 3. The molecule has 0 amide bonds. The third kappa shape index (κ3) is 1710. The maximum absolute atomic E-state index is 4.66. The Hall–Kier alpha value is 0.953. The predicted octanol–water partition coefficient (Wildman–Crippen LogP) is -0.672. The fraction of sp³-hybridized carbons (Fsp3) is 0. The van der Waals surface area contributed by atoms with Gasteiger partial charge in [-0.05, 0) is 0 Å². The quantitative estimate of drug-likeness (QED) is 0.288. The van der Waals surface area contributed by atoms with E-state index in [0.29, 0.717) is 0 Å². The molecule has 0 aliphatic carbocycles. The van der Waals surface area contributed by atoms with Gasteiger partial charge in [0.2, 0.25) is 0 Å². The first kappa shape index (κ1) is 23.6. The third-order valence-electron chi connectivity index (χ3n) is 0.